The van der Waals surface area contributed by atoms with Crippen LogP contribution in [0.1, 0.15) is 5.56 Å². The molecular formula is C16H13ClN4OS. The fourth-order valence-electron chi connectivity index (χ4n) is 1.97. The van der Waals surface area contributed by atoms with Crippen LogP contribution in [0.2, 0.25) is 5.02 Å². The highest BCUT2D eigenvalue weighted by Crippen LogP contribution is 2.23. The summed E-state index contributed by atoms with van der Waals surface area (Å²) in [5, 5.41) is 10.1. The monoisotopic (exact) mass is 344 g/mol. The molecule has 0 radical (unpaired) electrons. The van der Waals surface area contributed by atoms with E-state index in [1.165, 1.54) is 11.5 Å². The highest BCUT2D eigenvalue weighted by atomic mass is 35.5. The van der Waals surface area contributed by atoms with Crippen molar-refractivity contribution >= 4 is 34.9 Å². The molecule has 2 aromatic carbocycles. The number of carbonyl (C=O) groups excluding carboxylic acids is 1. The highest BCUT2D eigenvalue weighted by molar-refractivity contribution is 7.09. The van der Waals surface area contributed by atoms with Crippen LogP contribution in [0.25, 0.3) is 10.4 Å². The molecule has 1 aromatic heterocycles. The van der Waals surface area contributed by atoms with Gasteiger partial charge in [0.1, 0.15) is 0 Å². The first-order chi connectivity index (χ1) is 11.2. The van der Waals surface area contributed by atoms with Crippen molar-refractivity contribution in [2.75, 3.05) is 5.32 Å². The van der Waals surface area contributed by atoms with E-state index < -0.39 is 0 Å². The van der Waals surface area contributed by atoms with E-state index in [2.05, 4.69) is 20.2 Å². The standard InChI is InChI=1S/C16H13ClN4OS/c17-13-5-1-11(2-6-13)9-18-16(22)20-14-7-3-12(4-8-14)15-10-19-21-23-15/h1-8,10H,9H2,(H2,18,20,22). The molecule has 0 bridgehead atoms. The van der Waals surface area contributed by atoms with Crippen molar-refractivity contribution in [3.8, 4) is 10.4 Å². The van der Waals surface area contributed by atoms with Crippen LogP contribution in [0.15, 0.2) is 54.7 Å². The van der Waals surface area contributed by atoms with Crippen LogP contribution in [-0.2, 0) is 6.54 Å². The summed E-state index contributed by atoms with van der Waals surface area (Å²) in [6, 6.07) is 14.6. The number of anilines is 1. The molecule has 116 valence electrons. The lowest BCUT2D eigenvalue weighted by molar-refractivity contribution is 0.251. The molecule has 0 aliphatic carbocycles. The Bertz CT molecular complexity index is 773. The topological polar surface area (TPSA) is 66.9 Å². The Hall–Kier alpha value is -2.44. The van der Waals surface area contributed by atoms with Crippen LogP contribution in [0.5, 0.6) is 0 Å². The largest absolute Gasteiger partial charge is 0.334 e. The molecule has 3 aromatic rings. The van der Waals surface area contributed by atoms with Crippen molar-refractivity contribution in [1.29, 1.82) is 0 Å². The van der Waals surface area contributed by atoms with Gasteiger partial charge in [-0.15, -0.1) is 5.10 Å². The van der Waals surface area contributed by atoms with Gasteiger partial charge in [-0.05, 0) is 46.9 Å². The summed E-state index contributed by atoms with van der Waals surface area (Å²) in [5.41, 5.74) is 2.73. The number of benzene rings is 2. The fraction of sp³-hybridized carbons (Fsp3) is 0.0625. The number of amides is 2. The average Bonchev–Trinajstić information content (AvgIpc) is 3.09. The fourth-order valence-corrected chi connectivity index (χ4v) is 2.62. The molecule has 0 aliphatic heterocycles. The molecule has 0 saturated heterocycles. The Morgan fingerprint density at radius 1 is 1.09 bits per heavy atom. The zero-order chi connectivity index (χ0) is 16.1. The van der Waals surface area contributed by atoms with E-state index in [9.17, 15) is 4.79 Å². The van der Waals surface area contributed by atoms with Gasteiger partial charge in [0.15, 0.2) is 0 Å². The quantitative estimate of drug-likeness (QED) is 0.746. The average molecular weight is 345 g/mol. The van der Waals surface area contributed by atoms with Gasteiger partial charge in [-0.2, -0.15) is 0 Å². The van der Waals surface area contributed by atoms with Crippen molar-refractivity contribution < 1.29 is 4.79 Å². The molecule has 3 rings (SSSR count). The van der Waals surface area contributed by atoms with E-state index in [4.69, 9.17) is 11.6 Å². The van der Waals surface area contributed by atoms with E-state index in [1.54, 1.807) is 18.3 Å². The number of halogens is 1. The molecule has 0 fully saturated rings. The van der Waals surface area contributed by atoms with Crippen LogP contribution >= 0.6 is 23.1 Å². The predicted octanol–water partition coefficient (Wildman–Crippen LogP) is 4.18. The predicted molar refractivity (Wildman–Crippen MR) is 92.7 cm³/mol. The number of hydrogen-bond acceptors (Lipinski definition) is 4. The smallest absolute Gasteiger partial charge is 0.319 e. The molecule has 0 aliphatic rings. The Balaban J connectivity index is 1.54. The zero-order valence-electron chi connectivity index (χ0n) is 12.0. The van der Waals surface area contributed by atoms with E-state index >= 15 is 0 Å². The summed E-state index contributed by atoms with van der Waals surface area (Å²) in [6.45, 7) is 0.438. The molecule has 0 unspecified atom stereocenters. The van der Waals surface area contributed by atoms with E-state index in [-0.39, 0.29) is 6.03 Å². The third-order valence-electron chi connectivity index (χ3n) is 3.15. The lowest BCUT2D eigenvalue weighted by atomic mass is 10.2. The second kappa shape index (κ2) is 7.21. The van der Waals surface area contributed by atoms with Crippen LogP contribution in [0, 0.1) is 0 Å². The lowest BCUT2D eigenvalue weighted by Crippen LogP contribution is -2.28. The second-order valence-electron chi connectivity index (χ2n) is 4.79. The third-order valence-corrected chi connectivity index (χ3v) is 4.12. The van der Waals surface area contributed by atoms with Gasteiger partial charge in [0, 0.05) is 17.3 Å². The Morgan fingerprint density at radius 3 is 2.48 bits per heavy atom. The number of rotatable bonds is 4. The van der Waals surface area contributed by atoms with Gasteiger partial charge in [-0.1, -0.05) is 40.4 Å². The maximum absolute atomic E-state index is 11.9. The summed E-state index contributed by atoms with van der Waals surface area (Å²) in [7, 11) is 0. The first-order valence-corrected chi connectivity index (χ1v) is 8.03. The number of hydrogen-bond donors (Lipinski definition) is 2. The number of nitrogens with zero attached hydrogens (tertiary/aromatic N) is 2. The number of carbonyl (C=O) groups is 1. The van der Waals surface area contributed by atoms with E-state index in [0.29, 0.717) is 11.6 Å². The summed E-state index contributed by atoms with van der Waals surface area (Å²) in [4.78, 5) is 12.9. The molecule has 7 heteroatoms. The SMILES string of the molecule is O=C(NCc1ccc(Cl)cc1)Nc1ccc(-c2cnns2)cc1. The van der Waals surface area contributed by atoms with Crippen molar-refractivity contribution in [3.05, 3.63) is 65.3 Å². The summed E-state index contributed by atoms with van der Waals surface area (Å²) < 4.78 is 3.83. The summed E-state index contributed by atoms with van der Waals surface area (Å²) >= 11 is 7.16. The van der Waals surface area contributed by atoms with Crippen LogP contribution in [0.3, 0.4) is 0 Å². The number of urea groups is 1. The van der Waals surface area contributed by atoms with Crippen LogP contribution in [0.4, 0.5) is 10.5 Å². The minimum absolute atomic E-state index is 0.257. The number of nitrogens with one attached hydrogen (secondary N) is 2. The minimum Gasteiger partial charge on any atom is -0.334 e. The molecule has 2 N–H and O–H groups in total. The summed E-state index contributed by atoms with van der Waals surface area (Å²) in [6.07, 6.45) is 1.71. The van der Waals surface area contributed by atoms with Crippen LogP contribution in [-0.4, -0.2) is 15.6 Å². The molecule has 0 saturated carbocycles. The Morgan fingerprint density at radius 2 is 1.83 bits per heavy atom. The third kappa shape index (κ3) is 4.28. The second-order valence-corrected chi connectivity index (χ2v) is 6.02. The molecular weight excluding hydrogens is 332 g/mol. The molecule has 5 nitrogen and oxygen atoms in total. The van der Waals surface area contributed by atoms with Gasteiger partial charge >= 0.3 is 6.03 Å². The molecule has 2 amide bonds. The molecule has 23 heavy (non-hydrogen) atoms. The van der Waals surface area contributed by atoms with Gasteiger partial charge < -0.3 is 10.6 Å². The highest BCUT2D eigenvalue weighted by Gasteiger charge is 2.04. The van der Waals surface area contributed by atoms with E-state index in [0.717, 1.165) is 21.7 Å². The first kappa shape index (κ1) is 15.5. The minimum atomic E-state index is -0.257. The van der Waals surface area contributed by atoms with Gasteiger partial charge in [0.05, 0.1) is 11.1 Å². The molecule has 0 spiro atoms. The van der Waals surface area contributed by atoms with Crippen molar-refractivity contribution in [2.24, 2.45) is 0 Å². The number of aromatic nitrogens is 2. The molecule has 0 atom stereocenters. The van der Waals surface area contributed by atoms with Crippen molar-refractivity contribution in [1.82, 2.24) is 14.9 Å². The van der Waals surface area contributed by atoms with E-state index in [1.807, 2.05) is 36.4 Å². The lowest BCUT2D eigenvalue weighted by Gasteiger charge is -2.08. The Labute approximate surface area is 142 Å². The first-order valence-electron chi connectivity index (χ1n) is 6.88. The molecule has 1 heterocycles. The van der Waals surface area contributed by atoms with Gasteiger partial charge in [-0.25, -0.2) is 4.79 Å². The van der Waals surface area contributed by atoms with Crippen molar-refractivity contribution in [3.63, 3.8) is 0 Å². The van der Waals surface area contributed by atoms with Crippen molar-refractivity contribution in [2.45, 2.75) is 6.54 Å². The van der Waals surface area contributed by atoms with Gasteiger partial charge in [0.25, 0.3) is 0 Å². The maximum Gasteiger partial charge on any atom is 0.319 e. The zero-order valence-corrected chi connectivity index (χ0v) is 13.6. The summed E-state index contributed by atoms with van der Waals surface area (Å²) in [5.74, 6) is 0. The van der Waals surface area contributed by atoms with Gasteiger partial charge in [0.2, 0.25) is 0 Å². The maximum atomic E-state index is 11.9. The Kier molecular flexibility index (Phi) is 4.85. The van der Waals surface area contributed by atoms with Crippen LogP contribution < -0.4 is 10.6 Å². The normalized spacial score (nSPS) is 10.3. The van der Waals surface area contributed by atoms with Gasteiger partial charge in [-0.3, -0.25) is 0 Å².